The molecule has 4 saturated heterocycles. The molecule has 3 N–H and O–H groups in total. The van der Waals surface area contributed by atoms with Gasteiger partial charge in [0, 0.05) is 79.5 Å². The molecule has 3 amide bonds. The molecule has 4 aliphatic heterocycles. The monoisotopic (exact) mass is 908 g/mol. The molecular weight excluding hydrogens is 841 g/mol. The van der Waals surface area contributed by atoms with Gasteiger partial charge in [0.05, 0.1) is 57.3 Å². The van der Waals surface area contributed by atoms with Crippen LogP contribution in [0.15, 0.2) is 18.3 Å². The lowest BCUT2D eigenvalue weighted by Gasteiger charge is -2.36. The molecule has 4 aliphatic rings. The lowest BCUT2D eigenvalue weighted by atomic mass is 9.70. The first-order valence-corrected chi connectivity index (χ1v) is 24.0. The Bertz CT molecular complexity index is 2080. The number of piperidine rings is 1. The van der Waals surface area contributed by atoms with Gasteiger partial charge in [0.15, 0.2) is 11.5 Å². The van der Waals surface area contributed by atoms with Crippen molar-refractivity contribution in [2.45, 2.75) is 128 Å². The minimum Gasteiger partial charge on any atom is -0.493 e. The summed E-state index contributed by atoms with van der Waals surface area (Å²) in [7, 11) is 1.60. The van der Waals surface area contributed by atoms with Crippen molar-refractivity contribution >= 4 is 52.3 Å². The van der Waals surface area contributed by atoms with Crippen LogP contribution in [-0.4, -0.2) is 142 Å². The second-order valence-corrected chi connectivity index (χ2v) is 20.0. The average Bonchev–Trinajstić information content (AvgIpc) is 4.04. The van der Waals surface area contributed by atoms with Crippen LogP contribution in [0.2, 0.25) is 0 Å². The number of rotatable bonds is 21. The van der Waals surface area contributed by atoms with Gasteiger partial charge in [-0.05, 0) is 72.3 Å². The number of aromatic nitrogens is 5. The Kier molecular flexibility index (Phi) is 15.6. The van der Waals surface area contributed by atoms with E-state index in [1.54, 1.807) is 16.7 Å². The maximum atomic E-state index is 12.9. The number of hydrogen-bond acceptors (Lipinski definition) is 15. The third-order valence-electron chi connectivity index (χ3n) is 12.7. The number of carbonyl (C=O) groups is 3. The summed E-state index contributed by atoms with van der Waals surface area (Å²) in [5.41, 5.74) is 0.667. The largest absolute Gasteiger partial charge is 0.493 e. The van der Waals surface area contributed by atoms with Gasteiger partial charge in [0.2, 0.25) is 17.8 Å². The van der Waals surface area contributed by atoms with Crippen molar-refractivity contribution in [3.8, 4) is 11.5 Å². The van der Waals surface area contributed by atoms with Crippen LogP contribution in [0.5, 0.6) is 11.5 Å². The maximum Gasteiger partial charge on any atom is 0.410 e. The fraction of sp³-hybridized carbons (Fsp3) is 0.711. The third-order valence-corrected chi connectivity index (χ3v) is 14.6. The molecule has 0 saturated carbocycles. The highest BCUT2D eigenvalue weighted by atomic mass is 32.2. The van der Waals surface area contributed by atoms with Crippen molar-refractivity contribution in [3.05, 3.63) is 24.0 Å². The number of nitrogens with one attached hydrogen (secondary N) is 3. The van der Waals surface area contributed by atoms with Crippen LogP contribution in [0.3, 0.4) is 0 Å². The molecule has 1 aromatic carbocycles. The van der Waals surface area contributed by atoms with E-state index in [4.69, 9.17) is 33.7 Å². The van der Waals surface area contributed by atoms with E-state index in [1.165, 1.54) is 0 Å². The van der Waals surface area contributed by atoms with Gasteiger partial charge in [-0.15, -0.1) is 5.10 Å². The average molecular weight is 909 g/mol. The summed E-state index contributed by atoms with van der Waals surface area (Å²) in [5.74, 6) is 3.56. The molecule has 0 aliphatic carbocycles. The Labute approximate surface area is 380 Å². The molecule has 6 heterocycles. The second kappa shape index (κ2) is 21.1. The number of amides is 3. The van der Waals surface area contributed by atoms with Gasteiger partial charge in [-0.3, -0.25) is 9.59 Å². The highest BCUT2D eigenvalue weighted by Gasteiger charge is 2.60. The number of thioether (sulfide) groups is 1. The maximum absolute atomic E-state index is 12.9. The number of ether oxygens (including phenoxy) is 5. The smallest absolute Gasteiger partial charge is 0.410 e. The van der Waals surface area contributed by atoms with Crippen molar-refractivity contribution < 1.29 is 38.1 Å². The Morgan fingerprint density at radius 3 is 2.58 bits per heavy atom. The van der Waals surface area contributed by atoms with Crippen molar-refractivity contribution in [1.82, 2.24) is 40.5 Å². The Balaban J connectivity index is 0.812. The number of methoxy groups -OCH3 is 1. The van der Waals surface area contributed by atoms with Crippen LogP contribution in [-0.2, 0) is 37.0 Å². The summed E-state index contributed by atoms with van der Waals surface area (Å²) in [5, 5.41) is 19.6. The molecule has 2 aromatic heterocycles. The summed E-state index contributed by atoms with van der Waals surface area (Å²) in [4.78, 5) is 51.3. The molecule has 64 heavy (non-hydrogen) atoms. The predicted octanol–water partition coefficient (Wildman–Crippen LogP) is 5.33. The third kappa shape index (κ3) is 12.0. The molecule has 0 unspecified atom stereocenters. The molecule has 19 heteroatoms. The SMILES string of the molecule is COc1cc2c(N[C@@H]3CCCN(C(=O)OC(C)(C)C)C3)nc(N3CCCC3)nc2cc1OCc1cn(CCOCCOCCNC(=O)CCCC[C@@H]2SC[C@]3(C)NC(=O)C[C@]23C)nn1. The van der Waals surface area contributed by atoms with E-state index < -0.39 is 5.60 Å². The topological polar surface area (TPSA) is 196 Å². The molecular formula is C45H68N10O8S. The van der Waals surface area contributed by atoms with Crippen LogP contribution >= 0.6 is 11.8 Å². The van der Waals surface area contributed by atoms with Gasteiger partial charge in [0.25, 0.3) is 0 Å². The van der Waals surface area contributed by atoms with E-state index >= 15 is 0 Å². The molecule has 7 rings (SSSR count). The van der Waals surface area contributed by atoms with Gasteiger partial charge >= 0.3 is 6.09 Å². The molecule has 0 radical (unpaired) electrons. The number of nitrogens with zero attached hydrogens (tertiary/aromatic N) is 7. The van der Waals surface area contributed by atoms with Gasteiger partial charge in [0.1, 0.15) is 23.7 Å². The van der Waals surface area contributed by atoms with Crippen LogP contribution in [0.25, 0.3) is 10.9 Å². The second-order valence-electron chi connectivity index (χ2n) is 18.9. The fourth-order valence-electron chi connectivity index (χ4n) is 9.00. The lowest BCUT2D eigenvalue weighted by Crippen LogP contribution is -2.49. The fourth-order valence-corrected chi connectivity index (χ4v) is 11.0. The van der Waals surface area contributed by atoms with E-state index in [-0.39, 0.29) is 41.5 Å². The number of fused-ring (bicyclic) bond motifs is 2. The highest BCUT2D eigenvalue weighted by molar-refractivity contribution is 8.00. The van der Waals surface area contributed by atoms with Gasteiger partial charge in [-0.1, -0.05) is 18.6 Å². The molecule has 4 fully saturated rings. The molecule has 352 valence electrons. The number of benzene rings is 1. The summed E-state index contributed by atoms with van der Waals surface area (Å²) < 4.78 is 30.8. The van der Waals surface area contributed by atoms with Crippen molar-refractivity contribution in [2.24, 2.45) is 5.41 Å². The quantitative estimate of drug-likeness (QED) is 0.116. The van der Waals surface area contributed by atoms with Crippen molar-refractivity contribution in [3.63, 3.8) is 0 Å². The van der Waals surface area contributed by atoms with E-state index in [0.29, 0.717) is 99.7 Å². The van der Waals surface area contributed by atoms with Crippen LogP contribution in [0.4, 0.5) is 16.6 Å². The summed E-state index contributed by atoms with van der Waals surface area (Å²) in [6.45, 7) is 15.8. The summed E-state index contributed by atoms with van der Waals surface area (Å²) in [6, 6.07) is 3.76. The Morgan fingerprint density at radius 2 is 1.80 bits per heavy atom. The Hall–Kier alpha value is -4.62. The molecule has 3 aromatic rings. The molecule has 0 bridgehead atoms. The zero-order chi connectivity index (χ0) is 45.3. The van der Waals surface area contributed by atoms with Crippen LogP contribution < -0.4 is 30.3 Å². The number of hydrogen-bond donors (Lipinski definition) is 3. The highest BCUT2D eigenvalue weighted by Crippen LogP contribution is 2.56. The number of carbonyl (C=O) groups excluding carboxylic acids is 3. The van der Waals surface area contributed by atoms with Gasteiger partial charge in [-0.2, -0.15) is 16.7 Å². The van der Waals surface area contributed by atoms with E-state index in [0.717, 1.165) is 74.7 Å². The number of unbranched alkanes of at least 4 members (excludes halogenated alkanes) is 1. The first-order valence-electron chi connectivity index (χ1n) is 23.0. The van der Waals surface area contributed by atoms with Gasteiger partial charge in [-0.25, -0.2) is 14.5 Å². The zero-order valence-corrected chi connectivity index (χ0v) is 39.4. The molecule has 18 nitrogen and oxygen atoms in total. The number of anilines is 2. The zero-order valence-electron chi connectivity index (χ0n) is 38.5. The van der Waals surface area contributed by atoms with Crippen molar-refractivity contribution in [1.29, 1.82) is 0 Å². The van der Waals surface area contributed by atoms with Crippen molar-refractivity contribution in [2.75, 3.05) is 82.2 Å². The van der Waals surface area contributed by atoms with E-state index in [2.05, 4.69) is 45.0 Å². The predicted molar refractivity (Wildman–Crippen MR) is 245 cm³/mol. The first kappa shape index (κ1) is 47.3. The minimum atomic E-state index is -0.563. The Morgan fingerprint density at radius 1 is 1.00 bits per heavy atom. The van der Waals surface area contributed by atoms with Crippen LogP contribution in [0.1, 0.15) is 98.1 Å². The summed E-state index contributed by atoms with van der Waals surface area (Å²) in [6.07, 6.45) is 9.36. The minimum absolute atomic E-state index is 0.0161. The van der Waals surface area contributed by atoms with E-state index in [1.807, 2.05) is 50.9 Å². The van der Waals surface area contributed by atoms with Gasteiger partial charge < -0.3 is 49.4 Å². The molecule has 0 spiro atoms. The molecule has 4 atom stereocenters. The first-order chi connectivity index (χ1) is 30.7. The number of likely N-dealkylation sites (tertiary alicyclic amines) is 1. The summed E-state index contributed by atoms with van der Waals surface area (Å²) >= 11 is 1.96. The lowest BCUT2D eigenvalue weighted by molar-refractivity contribution is -0.121. The van der Waals surface area contributed by atoms with Crippen LogP contribution in [0, 0.1) is 5.41 Å². The van der Waals surface area contributed by atoms with E-state index in [9.17, 15) is 14.4 Å². The normalized spacial score (nSPS) is 23.3. The standard InChI is InChI=1S/C45H68N10O8S/c1-43(2,3)63-42(58)54-18-11-12-31(27-54)47-40-33-24-35(59-6)36(25-34(33)48-41(49-40)53-16-9-10-17-53)62-29-32-28-55(52-51-32)19-21-61-23-22-60-20-15-46-38(56)14-8-7-13-37-44(4)26-39(57)50-45(44,5)30-64-37/h24-25,28,31,37H,7-23,26-27,29-30H2,1-6H3,(H,46,56)(H,50,57)(H,47,48,49)/t31-,37+,44-,45+/m1/s1.